The highest BCUT2D eigenvalue weighted by atomic mass is 79.9. The first-order valence-corrected chi connectivity index (χ1v) is 10.9. The number of hydrogen-bond acceptors (Lipinski definition) is 4. The van der Waals surface area contributed by atoms with E-state index in [9.17, 15) is 9.59 Å². The summed E-state index contributed by atoms with van der Waals surface area (Å²) in [7, 11) is 0. The average Bonchev–Trinajstić information content (AvgIpc) is 2.69. The van der Waals surface area contributed by atoms with E-state index in [1.54, 1.807) is 42.5 Å². The Labute approximate surface area is 190 Å². The molecule has 2 aromatic rings. The molecule has 6 nitrogen and oxygen atoms in total. The van der Waals surface area contributed by atoms with Gasteiger partial charge in [-0.05, 0) is 91.7 Å². The summed E-state index contributed by atoms with van der Waals surface area (Å²) in [4.78, 5) is 24.8. The van der Waals surface area contributed by atoms with E-state index < -0.39 is 0 Å². The molecule has 3 N–H and O–H groups in total. The first-order valence-electron chi connectivity index (χ1n) is 9.69. The highest BCUT2D eigenvalue weighted by Gasteiger charge is 2.13. The molecule has 0 aliphatic rings. The molecule has 0 fully saturated rings. The van der Waals surface area contributed by atoms with E-state index >= 15 is 0 Å². The second-order valence-corrected chi connectivity index (χ2v) is 8.35. The normalized spacial score (nSPS) is 11.5. The second-order valence-electron chi connectivity index (χ2n) is 7.08. The van der Waals surface area contributed by atoms with Crippen LogP contribution in [0.3, 0.4) is 0 Å². The van der Waals surface area contributed by atoms with Gasteiger partial charge in [-0.2, -0.15) is 0 Å². The zero-order valence-electron chi connectivity index (χ0n) is 17.4. The molecule has 0 heterocycles. The Morgan fingerprint density at radius 2 is 1.77 bits per heavy atom. The summed E-state index contributed by atoms with van der Waals surface area (Å²) in [5, 5.41) is 8.64. The van der Waals surface area contributed by atoms with Crippen LogP contribution in [0.25, 0.3) is 0 Å². The standard InChI is InChI=1S/C22H26BrN3O3S/c1-5-14(4)24-20(27)15-7-6-8-17(11-15)25-22(30)26-21(28)16-9-10-19(18(23)12-16)29-13(2)3/h6-14H,5H2,1-4H3,(H,24,27)(H2,25,26,28,30). The van der Waals surface area contributed by atoms with Crippen LogP contribution in [0.1, 0.15) is 54.8 Å². The van der Waals surface area contributed by atoms with Gasteiger partial charge in [-0.15, -0.1) is 0 Å². The molecular formula is C22H26BrN3O3S. The number of hydrogen-bond donors (Lipinski definition) is 3. The Morgan fingerprint density at radius 1 is 1.07 bits per heavy atom. The maximum Gasteiger partial charge on any atom is 0.257 e. The van der Waals surface area contributed by atoms with E-state index in [2.05, 4.69) is 31.9 Å². The quantitative estimate of drug-likeness (QED) is 0.480. The third-order valence-electron chi connectivity index (χ3n) is 4.16. The van der Waals surface area contributed by atoms with Crippen molar-refractivity contribution in [1.29, 1.82) is 0 Å². The van der Waals surface area contributed by atoms with Crippen molar-refractivity contribution < 1.29 is 14.3 Å². The molecule has 0 aliphatic carbocycles. The van der Waals surface area contributed by atoms with Gasteiger partial charge in [0.25, 0.3) is 11.8 Å². The van der Waals surface area contributed by atoms with Crippen molar-refractivity contribution in [1.82, 2.24) is 10.6 Å². The second kappa shape index (κ2) is 11.1. The number of nitrogens with one attached hydrogen (secondary N) is 3. The predicted molar refractivity (Wildman–Crippen MR) is 127 cm³/mol. The number of carbonyl (C=O) groups is 2. The zero-order valence-corrected chi connectivity index (χ0v) is 19.8. The molecular weight excluding hydrogens is 466 g/mol. The number of thiocarbonyl (C=S) groups is 1. The number of halogens is 1. The molecule has 0 spiro atoms. The SMILES string of the molecule is CCC(C)NC(=O)c1cccc(NC(=S)NC(=O)c2ccc(OC(C)C)c(Br)c2)c1. The van der Waals surface area contributed by atoms with Gasteiger partial charge in [0.15, 0.2) is 5.11 Å². The lowest BCUT2D eigenvalue weighted by Gasteiger charge is -2.14. The van der Waals surface area contributed by atoms with Gasteiger partial charge in [0, 0.05) is 22.9 Å². The summed E-state index contributed by atoms with van der Waals surface area (Å²) in [5.41, 5.74) is 1.56. The van der Waals surface area contributed by atoms with Crippen molar-refractivity contribution in [2.24, 2.45) is 0 Å². The molecule has 0 aliphatic heterocycles. The van der Waals surface area contributed by atoms with Gasteiger partial charge in [-0.1, -0.05) is 13.0 Å². The highest BCUT2D eigenvalue weighted by Crippen LogP contribution is 2.27. The monoisotopic (exact) mass is 491 g/mol. The molecule has 8 heteroatoms. The molecule has 0 aromatic heterocycles. The number of rotatable bonds is 7. The van der Waals surface area contributed by atoms with Crippen molar-refractivity contribution in [3.05, 3.63) is 58.1 Å². The van der Waals surface area contributed by atoms with E-state index in [-0.39, 0.29) is 29.1 Å². The first kappa shape index (κ1) is 23.8. The molecule has 0 saturated carbocycles. The maximum absolute atomic E-state index is 12.5. The lowest BCUT2D eigenvalue weighted by atomic mass is 10.1. The molecule has 1 atom stereocenters. The van der Waals surface area contributed by atoms with Crippen LogP contribution in [0.5, 0.6) is 5.75 Å². The van der Waals surface area contributed by atoms with Crippen LogP contribution in [0, 0.1) is 0 Å². The van der Waals surface area contributed by atoms with Crippen LogP contribution < -0.4 is 20.7 Å². The van der Waals surface area contributed by atoms with Gasteiger partial charge >= 0.3 is 0 Å². The lowest BCUT2D eigenvalue weighted by molar-refractivity contribution is 0.0937. The van der Waals surface area contributed by atoms with Crippen LogP contribution in [0.15, 0.2) is 46.9 Å². The van der Waals surface area contributed by atoms with Gasteiger partial charge in [0.05, 0.1) is 10.6 Å². The molecule has 160 valence electrons. The van der Waals surface area contributed by atoms with Crippen molar-refractivity contribution in [2.45, 2.75) is 46.3 Å². The third kappa shape index (κ3) is 7.11. The van der Waals surface area contributed by atoms with E-state index in [0.29, 0.717) is 27.0 Å². The molecule has 30 heavy (non-hydrogen) atoms. The van der Waals surface area contributed by atoms with E-state index in [1.807, 2.05) is 27.7 Å². The number of amides is 2. The zero-order chi connectivity index (χ0) is 22.3. The Kier molecular flexibility index (Phi) is 8.80. The van der Waals surface area contributed by atoms with Crippen LogP contribution in [-0.4, -0.2) is 29.1 Å². The third-order valence-corrected chi connectivity index (χ3v) is 4.98. The summed E-state index contributed by atoms with van der Waals surface area (Å²) >= 11 is 8.66. The van der Waals surface area contributed by atoms with E-state index in [1.165, 1.54) is 0 Å². The van der Waals surface area contributed by atoms with Crippen LogP contribution in [-0.2, 0) is 0 Å². The molecule has 0 bridgehead atoms. The summed E-state index contributed by atoms with van der Waals surface area (Å²) < 4.78 is 6.34. The van der Waals surface area contributed by atoms with Gasteiger partial charge in [-0.3, -0.25) is 14.9 Å². The van der Waals surface area contributed by atoms with Crippen LogP contribution in [0.4, 0.5) is 5.69 Å². The summed E-state index contributed by atoms with van der Waals surface area (Å²) in [6.07, 6.45) is 0.876. The first-order chi connectivity index (χ1) is 14.2. The summed E-state index contributed by atoms with van der Waals surface area (Å²) in [5.74, 6) is 0.154. The van der Waals surface area contributed by atoms with Crippen molar-refractivity contribution in [3.8, 4) is 5.75 Å². The topological polar surface area (TPSA) is 79.5 Å². The minimum atomic E-state index is -0.352. The van der Waals surface area contributed by atoms with Crippen molar-refractivity contribution in [2.75, 3.05) is 5.32 Å². The minimum Gasteiger partial charge on any atom is -0.490 e. The molecule has 2 rings (SSSR count). The van der Waals surface area contributed by atoms with Crippen molar-refractivity contribution in [3.63, 3.8) is 0 Å². The summed E-state index contributed by atoms with van der Waals surface area (Å²) in [6, 6.07) is 12.1. The lowest BCUT2D eigenvalue weighted by Crippen LogP contribution is -2.34. The fourth-order valence-corrected chi connectivity index (χ4v) is 3.16. The molecule has 0 radical (unpaired) electrons. The smallest absolute Gasteiger partial charge is 0.257 e. The molecule has 1 unspecified atom stereocenters. The van der Waals surface area contributed by atoms with Crippen LogP contribution in [0.2, 0.25) is 0 Å². The van der Waals surface area contributed by atoms with Gasteiger partial charge < -0.3 is 15.4 Å². The molecule has 2 aromatic carbocycles. The number of benzene rings is 2. The number of anilines is 1. The van der Waals surface area contributed by atoms with Gasteiger partial charge in [-0.25, -0.2) is 0 Å². The van der Waals surface area contributed by atoms with Crippen LogP contribution >= 0.6 is 28.1 Å². The Balaban J connectivity index is 2.00. The molecule has 0 saturated heterocycles. The Hall–Kier alpha value is -2.45. The Morgan fingerprint density at radius 3 is 2.40 bits per heavy atom. The minimum absolute atomic E-state index is 0.0285. The van der Waals surface area contributed by atoms with Crippen molar-refractivity contribution >= 4 is 50.8 Å². The number of ether oxygens (including phenoxy) is 1. The highest BCUT2D eigenvalue weighted by molar-refractivity contribution is 9.10. The fourth-order valence-electron chi connectivity index (χ4n) is 2.48. The fraction of sp³-hybridized carbons (Fsp3) is 0.318. The largest absolute Gasteiger partial charge is 0.490 e. The number of carbonyl (C=O) groups excluding carboxylic acids is 2. The van der Waals surface area contributed by atoms with Gasteiger partial charge in [0.1, 0.15) is 5.75 Å². The Bertz CT molecular complexity index is 934. The average molecular weight is 492 g/mol. The molecule has 2 amide bonds. The summed E-state index contributed by atoms with van der Waals surface area (Å²) in [6.45, 7) is 7.82. The predicted octanol–water partition coefficient (Wildman–Crippen LogP) is 4.89. The van der Waals surface area contributed by atoms with Gasteiger partial charge in [0.2, 0.25) is 0 Å². The maximum atomic E-state index is 12.5. The van der Waals surface area contributed by atoms with E-state index in [4.69, 9.17) is 17.0 Å². The van der Waals surface area contributed by atoms with E-state index in [0.717, 1.165) is 6.42 Å².